The summed E-state index contributed by atoms with van der Waals surface area (Å²) in [5, 5.41) is 2.65. The summed E-state index contributed by atoms with van der Waals surface area (Å²) in [7, 11) is 1.53. The number of carbonyl (C=O) groups is 2. The van der Waals surface area contributed by atoms with E-state index in [1.54, 1.807) is 12.1 Å². The van der Waals surface area contributed by atoms with Gasteiger partial charge >= 0.3 is 0 Å². The van der Waals surface area contributed by atoms with E-state index < -0.39 is 11.8 Å². The molecule has 0 atom stereocenters. The second-order valence-corrected chi connectivity index (χ2v) is 7.68. The molecule has 3 rings (SSSR count). The van der Waals surface area contributed by atoms with E-state index in [4.69, 9.17) is 21.7 Å². The summed E-state index contributed by atoms with van der Waals surface area (Å²) in [5.74, 6) is 0.0179. The first kappa shape index (κ1) is 22.0. The summed E-state index contributed by atoms with van der Waals surface area (Å²) >= 11 is 8.73. The molecular formula is C22H21BrN2O4S. The number of nitrogens with one attached hydrogen (secondary N) is 1. The van der Waals surface area contributed by atoms with Gasteiger partial charge in [0.1, 0.15) is 5.57 Å². The number of rotatable bonds is 6. The maximum Gasteiger partial charge on any atom is 0.270 e. The van der Waals surface area contributed by atoms with Crippen LogP contribution in [0.25, 0.3) is 6.08 Å². The average molecular weight is 489 g/mol. The van der Waals surface area contributed by atoms with Crippen LogP contribution < -0.4 is 19.7 Å². The van der Waals surface area contributed by atoms with Gasteiger partial charge in [-0.05, 0) is 67.0 Å². The van der Waals surface area contributed by atoms with E-state index in [2.05, 4.69) is 28.2 Å². The molecule has 0 aromatic heterocycles. The number of halogens is 1. The third kappa shape index (κ3) is 4.39. The topological polar surface area (TPSA) is 67.9 Å². The van der Waals surface area contributed by atoms with Crippen molar-refractivity contribution in [1.29, 1.82) is 0 Å². The lowest BCUT2D eigenvalue weighted by Gasteiger charge is -2.29. The van der Waals surface area contributed by atoms with Crippen molar-refractivity contribution in [2.24, 2.45) is 0 Å². The molecule has 8 heteroatoms. The lowest BCUT2D eigenvalue weighted by Crippen LogP contribution is -2.54. The van der Waals surface area contributed by atoms with Crippen molar-refractivity contribution in [1.82, 2.24) is 5.32 Å². The number of ether oxygens (including phenoxy) is 2. The number of hydrogen-bond donors (Lipinski definition) is 1. The standard InChI is InChI=1S/C22H21BrN2O4S/c1-4-13-6-8-15(9-7-13)25-21(27)16(20(26)24-22(25)30)10-14-11-18(28-3)19(29-5-2)12-17(14)23/h6-12H,4-5H2,1-3H3,(H,24,26,30)/b16-10+. The highest BCUT2D eigenvalue weighted by molar-refractivity contribution is 9.10. The fraction of sp³-hybridized carbons (Fsp3) is 0.227. The van der Waals surface area contributed by atoms with E-state index in [-0.39, 0.29) is 10.7 Å². The van der Waals surface area contributed by atoms with Crippen molar-refractivity contribution in [2.45, 2.75) is 20.3 Å². The normalized spacial score (nSPS) is 15.4. The van der Waals surface area contributed by atoms with Crippen LogP contribution in [0.1, 0.15) is 25.0 Å². The summed E-state index contributed by atoms with van der Waals surface area (Å²) in [6.45, 7) is 4.40. The lowest BCUT2D eigenvalue weighted by atomic mass is 10.1. The van der Waals surface area contributed by atoms with Crippen LogP contribution in [0.3, 0.4) is 0 Å². The summed E-state index contributed by atoms with van der Waals surface area (Å²) < 4.78 is 11.6. The van der Waals surface area contributed by atoms with Crippen molar-refractivity contribution in [3.05, 3.63) is 57.6 Å². The van der Waals surface area contributed by atoms with Gasteiger partial charge in [0.05, 0.1) is 19.4 Å². The van der Waals surface area contributed by atoms with Crippen molar-refractivity contribution in [2.75, 3.05) is 18.6 Å². The number of thiocarbonyl (C=S) groups is 1. The van der Waals surface area contributed by atoms with E-state index in [1.807, 2.05) is 31.2 Å². The van der Waals surface area contributed by atoms with Gasteiger partial charge in [0, 0.05) is 4.47 Å². The Bertz CT molecular complexity index is 1030. The van der Waals surface area contributed by atoms with Crippen LogP contribution in [0, 0.1) is 0 Å². The van der Waals surface area contributed by atoms with Gasteiger partial charge in [-0.3, -0.25) is 19.8 Å². The Morgan fingerprint density at radius 1 is 1.13 bits per heavy atom. The van der Waals surface area contributed by atoms with Crippen molar-refractivity contribution >= 4 is 56.8 Å². The highest BCUT2D eigenvalue weighted by atomic mass is 79.9. The minimum Gasteiger partial charge on any atom is -0.493 e. The molecule has 0 aliphatic carbocycles. The molecule has 2 aromatic carbocycles. The van der Waals surface area contributed by atoms with Crippen LogP contribution in [0.5, 0.6) is 11.5 Å². The smallest absolute Gasteiger partial charge is 0.270 e. The minimum atomic E-state index is -0.550. The number of aryl methyl sites for hydroxylation is 1. The highest BCUT2D eigenvalue weighted by Gasteiger charge is 2.34. The van der Waals surface area contributed by atoms with Crippen LogP contribution in [-0.4, -0.2) is 30.6 Å². The second-order valence-electron chi connectivity index (χ2n) is 6.44. The quantitative estimate of drug-likeness (QED) is 0.374. The Hall–Kier alpha value is -2.71. The highest BCUT2D eigenvalue weighted by Crippen LogP contribution is 2.35. The van der Waals surface area contributed by atoms with Gasteiger partial charge in [-0.25, -0.2) is 0 Å². The van der Waals surface area contributed by atoms with E-state index in [1.165, 1.54) is 18.1 Å². The Labute approximate surface area is 189 Å². The monoisotopic (exact) mass is 488 g/mol. The van der Waals surface area contributed by atoms with Gasteiger partial charge < -0.3 is 9.47 Å². The summed E-state index contributed by atoms with van der Waals surface area (Å²) in [6, 6.07) is 10.9. The number of methoxy groups -OCH3 is 1. The van der Waals surface area contributed by atoms with Crippen molar-refractivity contribution < 1.29 is 19.1 Å². The van der Waals surface area contributed by atoms with Gasteiger partial charge in [0.15, 0.2) is 16.6 Å². The summed E-state index contributed by atoms with van der Waals surface area (Å²) in [4.78, 5) is 27.0. The number of hydrogen-bond acceptors (Lipinski definition) is 5. The van der Waals surface area contributed by atoms with Crippen LogP contribution in [0.4, 0.5) is 5.69 Å². The Morgan fingerprint density at radius 3 is 2.43 bits per heavy atom. The molecule has 1 fully saturated rings. The molecule has 0 unspecified atom stereocenters. The number of anilines is 1. The third-order valence-electron chi connectivity index (χ3n) is 4.59. The average Bonchev–Trinajstić information content (AvgIpc) is 2.73. The van der Waals surface area contributed by atoms with Crippen LogP contribution in [0.2, 0.25) is 0 Å². The van der Waals surface area contributed by atoms with E-state index in [9.17, 15) is 9.59 Å². The zero-order valence-corrected chi connectivity index (χ0v) is 19.2. The molecule has 1 heterocycles. The van der Waals surface area contributed by atoms with Crippen LogP contribution >= 0.6 is 28.1 Å². The largest absolute Gasteiger partial charge is 0.493 e. The van der Waals surface area contributed by atoms with Crippen molar-refractivity contribution in [3.63, 3.8) is 0 Å². The predicted molar refractivity (Wildman–Crippen MR) is 124 cm³/mol. The Kier molecular flexibility index (Phi) is 6.89. The maximum absolute atomic E-state index is 13.2. The molecule has 0 saturated carbocycles. The fourth-order valence-electron chi connectivity index (χ4n) is 3.02. The molecule has 156 valence electrons. The van der Waals surface area contributed by atoms with Crippen molar-refractivity contribution in [3.8, 4) is 11.5 Å². The van der Waals surface area contributed by atoms with Gasteiger partial charge in [-0.2, -0.15) is 0 Å². The molecular weight excluding hydrogens is 468 g/mol. The third-order valence-corrected chi connectivity index (χ3v) is 5.56. The SMILES string of the molecule is CCOc1cc(Br)c(/C=C2\C(=O)NC(=S)N(c3ccc(CC)cc3)C2=O)cc1OC. The van der Waals surface area contributed by atoms with Crippen LogP contribution in [-0.2, 0) is 16.0 Å². The molecule has 1 N–H and O–H groups in total. The zero-order chi connectivity index (χ0) is 21.8. The molecule has 30 heavy (non-hydrogen) atoms. The molecule has 0 bridgehead atoms. The molecule has 1 aliphatic heterocycles. The maximum atomic E-state index is 13.2. The van der Waals surface area contributed by atoms with E-state index >= 15 is 0 Å². The Morgan fingerprint density at radius 2 is 1.83 bits per heavy atom. The Balaban J connectivity index is 2.02. The summed E-state index contributed by atoms with van der Waals surface area (Å²) in [6.07, 6.45) is 2.39. The molecule has 0 spiro atoms. The van der Waals surface area contributed by atoms with E-state index in [0.717, 1.165) is 12.0 Å². The second kappa shape index (κ2) is 9.40. The van der Waals surface area contributed by atoms with E-state index in [0.29, 0.717) is 33.8 Å². The first-order chi connectivity index (χ1) is 14.4. The molecule has 1 saturated heterocycles. The molecule has 0 radical (unpaired) electrons. The first-order valence-corrected chi connectivity index (χ1v) is 10.6. The lowest BCUT2D eigenvalue weighted by molar-refractivity contribution is -0.122. The molecule has 6 nitrogen and oxygen atoms in total. The van der Waals surface area contributed by atoms with Crippen LogP contribution in [0.15, 0.2) is 46.4 Å². The predicted octanol–water partition coefficient (Wildman–Crippen LogP) is 4.25. The molecule has 2 amide bonds. The van der Waals surface area contributed by atoms with Gasteiger partial charge in [0.25, 0.3) is 11.8 Å². The first-order valence-electron chi connectivity index (χ1n) is 9.40. The number of nitrogens with zero attached hydrogens (tertiary/aromatic N) is 1. The van der Waals surface area contributed by atoms with Gasteiger partial charge in [-0.15, -0.1) is 0 Å². The number of amides is 2. The number of benzene rings is 2. The minimum absolute atomic E-state index is 0.0323. The fourth-order valence-corrected chi connectivity index (χ4v) is 3.74. The molecule has 1 aliphatic rings. The zero-order valence-electron chi connectivity index (χ0n) is 16.8. The van der Waals surface area contributed by atoms with Gasteiger partial charge in [-0.1, -0.05) is 35.0 Å². The van der Waals surface area contributed by atoms with Gasteiger partial charge in [0.2, 0.25) is 0 Å². The summed E-state index contributed by atoms with van der Waals surface area (Å²) in [5.41, 5.74) is 2.30. The number of carbonyl (C=O) groups excluding carboxylic acids is 2. The molecule has 2 aromatic rings.